The monoisotopic (exact) mass is 1750 g/mol. The summed E-state index contributed by atoms with van der Waals surface area (Å²) in [6.07, 6.45) is -6.32. The molecule has 18 atom stereocenters. The Labute approximate surface area is 712 Å². The summed E-state index contributed by atoms with van der Waals surface area (Å²) in [6.45, 7) is 14.6. The highest BCUT2D eigenvalue weighted by Crippen LogP contribution is 2.17. The Hall–Kier alpha value is -10.9. The van der Waals surface area contributed by atoms with Gasteiger partial charge in [0.2, 0.25) is 82.7 Å². The highest BCUT2D eigenvalue weighted by Gasteiger charge is 2.40. The number of aliphatic hydroxyl groups excluding tert-OH is 2. The first-order chi connectivity index (χ1) is 56.6. The maximum atomic E-state index is 14.5. The molecule has 0 aliphatic heterocycles. The van der Waals surface area contributed by atoms with Gasteiger partial charge in [-0.3, -0.25) is 86.7 Å². The van der Waals surface area contributed by atoms with Crippen molar-refractivity contribution < 1.29 is 112 Å². The number of amides is 14. The highest BCUT2D eigenvalue weighted by molar-refractivity contribution is 7.80. The van der Waals surface area contributed by atoms with Gasteiger partial charge in [-0.2, -0.15) is 25.3 Å². The molecule has 0 aromatic heterocycles. The first kappa shape index (κ1) is 108. The number of phenolic OH excluding ortho intramolecular Hbond substituents is 1. The van der Waals surface area contributed by atoms with Gasteiger partial charge in [0.1, 0.15) is 90.3 Å². The lowest BCUT2D eigenvalue weighted by molar-refractivity contribution is -0.143. The second-order valence-corrected chi connectivity index (χ2v) is 30.6. The summed E-state index contributed by atoms with van der Waals surface area (Å²) in [5, 5.41) is 94.8. The van der Waals surface area contributed by atoms with Crippen LogP contribution in [0.4, 0.5) is 0 Å². The number of phenols is 1. The minimum atomic E-state index is -1.89. The van der Waals surface area contributed by atoms with Crippen LogP contribution in [-0.4, -0.2) is 277 Å². The number of aliphatic carboxylic acids is 3. The molecule has 0 aliphatic carbocycles. The molecule has 1 aromatic carbocycles. The second-order valence-electron chi connectivity index (χ2n) is 29.9. The van der Waals surface area contributed by atoms with Crippen molar-refractivity contribution in [2.75, 3.05) is 31.1 Å². The Morgan fingerprint density at radius 2 is 0.736 bits per heavy atom. The van der Waals surface area contributed by atoms with Gasteiger partial charge >= 0.3 is 17.9 Å². The van der Waals surface area contributed by atoms with Crippen LogP contribution in [0, 0.1) is 17.8 Å². The number of aromatic hydroxyl groups is 1. The smallest absolute Gasteiger partial charge is 0.326 e. The average Bonchev–Trinajstić information content (AvgIpc) is 0.841. The van der Waals surface area contributed by atoms with Gasteiger partial charge in [-0.25, -0.2) is 4.79 Å². The summed E-state index contributed by atoms with van der Waals surface area (Å²) in [5.74, 6) is -22.1. The van der Waals surface area contributed by atoms with Gasteiger partial charge in [-0.05, 0) is 134 Å². The number of hydrogen-bond donors (Lipinski definition) is 28. The van der Waals surface area contributed by atoms with E-state index in [1.807, 2.05) is 0 Å². The number of nitrogens with one attached hydrogen (secondary N) is 14. The molecule has 14 amide bonds. The molecule has 0 fully saturated rings. The molecule has 0 saturated carbocycles. The standard InChI is InChI=1S/C74H126N22O23S2/c1-11-36(6)55(69(115)96-57(40(10)98)71(117)88-45(18-15-29-82-74(79)80)62(108)91-50(32-120)67(113)83-38(8)59(105)93-54(35(4)5)72(118)119)94-66(112)48(30-34(2)3)90-68(114)51(33-121)92-61(107)44(17-12-13-27-75)85-63(109)46(23-25-52(100)101)86-64(110)47(24-26-53(102)103)87-65(111)49(31-41-19-21-42(99)22-20-41)89-58(104)37(7)84-70(116)56(39(9)97)95-60(106)43(76)16-14-28-81-73(77)78/h19-22,34-40,43-51,54-57,97-99,120-121H,11-18,23-33,75-76H2,1-10H3,(H,83,113)(H,84,116)(H,85,109)(H,86,110)(H,87,111)(H,88,117)(H,89,104)(H,90,114)(H,91,108)(H,92,107)(H,93,105)(H,94,112)(H,95,106)(H,96,115)(H,100,101)(H,102,103)(H,118,119)(H4,77,78,81)(H4,79,80,82)/t36-,37-,38-,39+,40+,43-,44-,45-,46-,47-,48-,49-,50-,51-,54-,55-,56-,57-/m0/s1. The van der Waals surface area contributed by atoms with Crippen LogP contribution in [-0.2, 0) is 87.9 Å². The van der Waals surface area contributed by atoms with E-state index in [9.17, 15) is 112 Å². The molecule has 1 aromatic rings. The fourth-order valence-electron chi connectivity index (χ4n) is 11.4. The number of guanidine groups is 2. The van der Waals surface area contributed by atoms with Crippen LogP contribution in [0.15, 0.2) is 34.3 Å². The van der Waals surface area contributed by atoms with E-state index in [0.717, 1.165) is 6.92 Å². The number of carbonyl (C=O) groups is 17. The van der Waals surface area contributed by atoms with E-state index >= 15 is 0 Å². The fraction of sp³-hybridized carbons (Fsp3) is 0.662. The number of rotatable bonds is 58. The Balaban J connectivity index is 3.67. The lowest BCUT2D eigenvalue weighted by atomic mass is 9.96. The first-order valence-electron chi connectivity index (χ1n) is 39.5. The van der Waals surface area contributed by atoms with E-state index < -0.39 is 253 Å². The summed E-state index contributed by atoms with van der Waals surface area (Å²) in [5.41, 5.74) is 33.7. The van der Waals surface area contributed by atoms with Crippen molar-refractivity contribution in [1.29, 1.82) is 0 Å². The molecule has 0 bridgehead atoms. The zero-order valence-corrected chi connectivity index (χ0v) is 71.5. The van der Waals surface area contributed by atoms with Crippen LogP contribution < -0.4 is 109 Å². The molecule has 1 rings (SSSR count). The van der Waals surface area contributed by atoms with Crippen LogP contribution in [0.2, 0.25) is 0 Å². The molecule has 0 unspecified atom stereocenters. The summed E-state index contributed by atoms with van der Waals surface area (Å²) < 4.78 is 0. The summed E-state index contributed by atoms with van der Waals surface area (Å²) in [7, 11) is 0. The van der Waals surface area contributed by atoms with Crippen LogP contribution in [0.5, 0.6) is 5.75 Å². The number of carboxylic acids is 3. The van der Waals surface area contributed by atoms with Crippen molar-refractivity contribution >= 4 is 138 Å². The molecule has 0 aliphatic rings. The quantitative estimate of drug-likeness (QED) is 0.0125. The Morgan fingerprint density at radius 3 is 1.15 bits per heavy atom. The molecule has 0 radical (unpaired) electrons. The number of benzene rings is 1. The Morgan fingerprint density at radius 1 is 0.397 bits per heavy atom. The van der Waals surface area contributed by atoms with Crippen LogP contribution in [0.1, 0.15) is 158 Å². The zero-order chi connectivity index (χ0) is 92.2. The van der Waals surface area contributed by atoms with E-state index in [4.69, 9.17) is 34.4 Å². The van der Waals surface area contributed by atoms with Crippen molar-refractivity contribution in [1.82, 2.24) is 74.4 Å². The van der Waals surface area contributed by atoms with E-state index in [1.165, 1.54) is 45.0 Å². The molecule has 0 saturated heterocycles. The molecular formula is C74H126N22O23S2. The average molecular weight is 1760 g/mol. The van der Waals surface area contributed by atoms with Gasteiger partial charge in [-0.1, -0.05) is 60.1 Å². The van der Waals surface area contributed by atoms with Crippen LogP contribution in [0.3, 0.4) is 0 Å². The largest absolute Gasteiger partial charge is 0.508 e. The number of carbonyl (C=O) groups excluding carboxylic acids is 14. The van der Waals surface area contributed by atoms with Crippen molar-refractivity contribution in [2.45, 2.75) is 262 Å². The third-order valence-corrected chi connectivity index (χ3v) is 19.4. The number of carboxylic acid groups (broad SMARTS) is 3. The van der Waals surface area contributed by atoms with Crippen molar-refractivity contribution in [3.8, 4) is 5.75 Å². The molecule has 32 N–H and O–H groups in total. The molecule has 682 valence electrons. The maximum Gasteiger partial charge on any atom is 0.326 e. The Bertz CT molecular complexity index is 3700. The zero-order valence-electron chi connectivity index (χ0n) is 69.7. The molecule has 47 heteroatoms. The fourth-order valence-corrected chi connectivity index (χ4v) is 11.9. The van der Waals surface area contributed by atoms with Gasteiger partial charge < -0.3 is 139 Å². The predicted molar refractivity (Wildman–Crippen MR) is 447 cm³/mol. The van der Waals surface area contributed by atoms with E-state index in [1.54, 1.807) is 41.5 Å². The Kier molecular flexibility index (Phi) is 49.9. The number of nitrogens with zero attached hydrogens (tertiary/aromatic N) is 2. The molecule has 0 heterocycles. The number of aliphatic imine (C=N–C) groups is 2. The number of aliphatic hydroxyl groups is 2. The second kappa shape index (κ2) is 55.8. The summed E-state index contributed by atoms with van der Waals surface area (Å²) in [4.78, 5) is 240. The third kappa shape index (κ3) is 41.3. The first-order valence-corrected chi connectivity index (χ1v) is 40.7. The van der Waals surface area contributed by atoms with E-state index in [0.29, 0.717) is 5.56 Å². The lowest BCUT2D eigenvalue weighted by Gasteiger charge is -2.30. The van der Waals surface area contributed by atoms with Crippen molar-refractivity contribution in [3.05, 3.63) is 29.8 Å². The maximum absolute atomic E-state index is 14.5. The van der Waals surface area contributed by atoms with E-state index in [-0.39, 0.29) is 107 Å². The summed E-state index contributed by atoms with van der Waals surface area (Å²) in [6, 6.07) is -18.4. The third-order valence-electron chi connectivity index (χ3n) is 18.7. The lowest BCUT2D eigenvalue weighted by Crippen LogP contribution is -2.63. The van der Waals surface area contributed by atoms with Gasteiger partial charge in [-0.15, -0.1) is 0 Å². The van der Waals surface area contributed by atoms with Crippen LogP contribution in [0.25, 0.3) is 0 Å². The summed E-state index contributed by atoms with van der Waals surface area (Å²) >= 11 is 8.48. The number of unbranched alkanes of at least 4 members (excludes halogenated alkanes) is 1. The topological polar surface area (TPSA) is 761 Å². The molecule has 45 nitrogen and oxygen atoms in total. The van der Waals surface area contributed by atoms with Gasteiger partial charge in [0.05, 0.1) is 18.2 Å². The molecular weight excluding hydrogens is 1630 g/mol. The molecule has 121 heavy (non-hydrogen) atoms. The molecule has 0 spiro atoms. The highest BCUT2D eigenvalue weighted by atomic mass is 32.1. The van der Waals surface area contributed by atoms with Crippen molar-refractivity contribution in [2.24, 2.45) is 62.1 Å². The SMILES string of the molecule is CC[C@H](C)[C@H](NC(=O)[C@H](CC(C)C)NC(=O)[C@H](CS)NC(=O)[C@H](CCCCN)NC(=O)[C@H](CCC(=O)O)NC(=O)[C@H](CCC(=O)O)NC(=O)[C@H](Cc1ccc(O)cc1)NC(=O)[C@H](C)NC(=O)[C@@H](NC(=O)[C@@H](N)CCCN=C(N)N)[C@@H](C)O)C(=O)N[C@H](C(=O)N[C@@H](CCCN=C(N)N)C(=O)N[C@@H](CS)C(=O)N[C@@H](C)C(=O)N[C@H](C(=O)O)C(C)C)[C@@H](C)O. The minimum absolute atomic E-state index is 0.0288. The number of hydrogen-bond acceptors (Lipinski definition) is 26. The number of nitrogens with two attached hydrogens (primary N) is 6. The van der Waals surface area contributed by atoms with Gasteiger partial charge in [0.25, 0.3) is 0 Å². The van der Waals surface area contributed by atoms with Crippen LogP contribution >= 0.6 is 25.3 Å². The van der Waals surface area contributed by atoms with Crippen molar-refractivity contribution in [3.63, 3.8) is 0 Å². The van der Waals surface area contributed by atoms with Gasteiger partial charge in [0.15, 0.2) is 11.9 Å². The normalized spacial score (nSPS) is 15.6. The number of thiol groups is 2. The predicted octanol–water partition coefficient (Wildman–Crippen LogP) is -7.49. The van der Waals surface area contributed by atoms with Gasteiger partial charge in [0, 0.05) is 43.9 Å². The minimum Gasteiger partial charge on any atom is -0.508 e. The van der Waals surface area contributed by atoms with E-state index in [2.05, 4.69) is 110 Å².